The van der Waals surface area contributed by atoms with Gasteiger partial charge in [-0.05, 0) is 31.1 Å². The summed E-state index contributed by atoms with van der Waals surface area (Å²) in [6, 6.07) is 0. The number of amides is 1. The zero-order valence-corrected chi connectivity index (χ0v) is 14.5. The van der Waals surface area contributed by atoms with Crippen molar-refractivity contribution in [1.82, 2.24) is 10.2 Å². The SMILES string of the molecule is CCOc1nnc(NC(=O)[C@@H](O)CCC(=O)[O-])s1.[K+]. The quantitative estimate of drug-likeness (QED) is 0.489. The normalized spacial score (nSPS) is 11.3. The molecule has 10 heteroatoms. The molecule has 0 aliphatic heterocycles. The number of ether oxygens (including phenoxy) is 1. The Balaban J connectivity index is 0.00000324. The molecule has 0 saturated heterocycles. The third-order valence-electron chi connectivity index (χ3n) is 1.83. The summed E-state index contributed by atoms with van der Waals surface area (Å²) in [5.74, 6) is -2.06. The Labute approximate surface area is 156 Å². The number of carboxylic acid groups (broad SMARTS) is 1. The number of carboxylic acids is 1. The van der Waals surface area contributed by atoms with Gasteiger partial charge in [-0.1, -0.05) is 5.10 Å². The molecular weight excluding hydrogens is 301 g/mol. The van der Waals surface area contributed by atoms with Gasteiger partial charge in [-0.3, -0.25) is 10.1 Å². The summed E-state index contributed by atoms with van der Waals surface area (Å²) in [6.45, 7) is 2.21. The van der Waals surface area contributed by atoms with Crippen LogP contribution in [0.25, 0.3) is 0 Å². The van der Waals surface area contributed by atoms with Crippen molar-refractivity contribution < 1.29 is 75.9 Å². The van der Waals surface area contributed by atoms with Gasteiger partial charge in [0.05, 0.1) is 6.61 Å². The second-order valence-electron chi connectivity index (χ2n) is 3.22. The predicted octanol–water partition coefficient (Wildman–Crippen LogP) is -4.23. The molecule has 1 rings (SSSR count). The molecule has 8 nitrogen and oxygen atoms in total. The summed E-state index contributed by atoms with van der Waals surface area (Å²) in [5, 5.41) is 29.6. The number of aliphatic hydroxyl groups is 1. The molecule has 0 aliphatic rings. The molecule has 0 radical (unpaired) electrons. The zero-order chi connectivity index (χ0) is 13.5. The van der Waals surface area contributed by atoms with E-state index in [1.54, 1.807) is 6.92 Å². The van der Waals surface area contributed by atoms with Crippen LogP contribution in [0.4, 0.5) is 5.13 Å². The van der Waals surface area contributed by atoms with E-state index in [2.05, 4.69) is 15.5 Å². The first-order valence-electron chi connectivity index (χ1n) is 5.18. The van der Waals surface area contributed by atoms with E-state index in [1.165, 1.54) is 0 Å². The number of hydrogen-bond acceptors (Lipinski definition) is 8. The number of aliphatic carboxylic acids is 1. The smallest absolute Gasteiger partial charge is 0.550 e. The molecule has 0 saturated carbocycles. The van der Waals surface area contributed by atoms with Crippen molar-refractivity contribution in [2.24, 2.45) is 0 Å². The van der Waals surface area contributed by atoms with E-state index in [-0.39, 0.29) is 62.9 Å². The van der Waals surface area contributed by atoms with Crippen molar-refractivity contribution in [2.75, 3.05) is 11.9 Å². The van der Waals surface area contributed by atoms with Gasteiger partial charge in [0, 0.05) is 5.97 Å². The number of carbonyl (C=O) groups excluding carboxylic acids is 2. The number of rotatable bonds is 7. The molecule has 0 bridgehead atoms. The van der Waals surface area contributed by atoms with E-state index in [0.29, 0.717) is 11.8 Å². The molecule has 2 N–H and O–H groups in total. The van der Waals surface area contributed by atoms with Gasteiger partial charge in [-0.15, -0.1) is 5.10 Å². The standard InChI is InChI=1S/C9H13N3O5S.K/c1-2-17-9-12-11-8(18-9)10-7(16)5(13)3-4-6(14)15;/h5,13H,2-4H2,1H3,(H,14,15)(H,10,11,16);/q;+1/p-1/t5-;/m0./s1. The molecule has 100 valence electrons. The van der Waals surface area contributed by atoms with Crippen LogP contribution < -0.4 is 66.5 Å². The van der Waals surface area contributed by atoms with E-state index in [1.807, 2.05) is 0 Å². The Morgan fingerprint density at radius 3 is 2.79 bits per heavy atom. The second kappa shape index (κ2) is 9.75. The Morgan fingerprint density at radius 1 is 1.53 bits per heavy atom. The first-order chi connectivity index (χ1) is 8.52. The molecule has 1 aromatic rings. The average Bonchev–Trinajstić information content (AvgIpc) is 2.73. The Bertz CT molecular complexity index is 428. The largest absolute Gasteiger partial charge is 1.00 e. The first kappa shape index (κ1) is 18.9. The molecule has 1 aromatic heterocycles. The van der Waals surface area contributed by atoms with E-state index in [9.17, 15) is 19.8 Å². The van der Waals surface area contributed by atoms with Crippen molar-refractivity contribution in [3.63, 3.8) is 0 Å². The van der Waals surface area contributed by atoms with Crippen molar-refractivity contribution in [3.8, 4) is 5.19 Å². The van der Waals surface area contributed by atoms with Crippen LogP contribution in [0.1, 0.15) is 19.8 Å². The van der Waals surface area contributed by atoms with Crippen LogP contribution in [0.2, 0.25) is 0 Å². The van der Waals surface area contributed by atoms with Crippen LogP contribution >= 0.6 is 11.3 Å². The monoisotopic (exact) mass is 313 g/mol. The summed E-state index contributed by atoms with van der Waals surface area (Å²) < 4.78 is 5.05. The molecular formula is C9H12KN3O5S. The third kappa shape index (κ3) is 7.30. The minimum atomic E-state index is -1.43. The van der Waals surface area contributed by atoms with Crippen molar-refractivity contribution in [3.05, 3.63) is 0 Å². The number of nitrogens with zero attached hydrogens (tertiary/aromatic N) is 2. The van der Waals surface area contributed by atoms with E-state index in [0.717, 1.165) is 11.3 Å². The van der Waals surface area contributed by atoms with Crippen LogP contribution in [-0.4, -0.2) is 39.9 Å². The summed E-state index contributed by atoms with van der Waals surface area (Å²) in [5.41, 5.74) is 0. The average molecular weight is 313 g/mol. The topological polar surface area (TPSA) is 124 Å². The fourth-order valence-electron chi connectivity index (χ4n) is 1.02. The predicted molar refractivity (Wildman–Crippen MR) is 60.0 cm³/mol. The maximum absolute atomic E-state index is 11.4. The van der Waals surface area contributed by atoms with Gasteiger partial charge in [0.15, 0.2) is 0 Å². The second-order valence-corrected chi connectivity index (χ2v) is 4.16. The molecule has 0 aliphatic carbocycles. The molecule has 19 heavy (non-hydrogen) atoms. The third-order valence-corrected chi connectivity index (χ3v) is 2.58. The van der Waals surface area contributed by atoms with E-state index in [4.69, 9.17) is 4.74 Å². The zero-order valence-electron chi connectivity index (χ0n) is 10.6. The summed E-state index contributed by atoms with van der Waals surface area (Å²) in [7, 11) is 0. The number of hydrogen-bond donors (Lipinski definition) is 2. The molecule has 0 aromatic carbocycles. The minimum Gasteiger partial charge on any atom is -0.550 e. The Morgan fingerprint density at radius 2 is 2.21 bits per heavy atom. The fraction of sp³-hybridized carbons (Fsp3) is 0.556. The van der Waals surface area contributed by atoms with Gasteiger partial charge in [0.25, 0.3) is 11.1 Å². The van der Waals surface area contributed by atoms with Gasteiger partial charge in [-0.2, -0.15) is 0 Å². The molecule has 0 spiro atoms. The van der Waals surface area contributed by atoms with Crippen LogP contribution in [0.3, 0.4) is 0 Å². The molecule has 1 amide bonds. The Kier molecular flexibility index (Phi) is 9.69. The van der Waals surface area contributed by atoms with Gasteiger partial charge in [-0.25, -0.2) is 0 Å². The Hall–Kier alpha value is -0.104. The van der Waals surface area contributed by atoms with Crippen molar-refractivity contribution in [1.29, 1.82) is 0 Å². The van der Waals surface area contributed by atoms with Crippen molar-refractivity contribution in [2.45, 2.75) is 25.9 Å². The summed E-state index contributed by atoms with van der Waals surface area (Å²) >= 11 is 1.01. The van der Waals surface area contributed by atoms with Crippen LogP contribution in [0.15, 0.2) is 0 Å². The number of carbonyl (C=O) groups is 2. The first-order valence-corrected chi connectivity index (χ1v) is 5.99. The van der Waals surface area contributed by atoms with Gasteiger partial charge < -0.3 is 19.7 Å². The molecule has 1 atom stereocenters. The van der Waals surface area contributed by atoms with Crippen LogP contribution in [-0.2, 0) is 9.59 Å². The molecule has 0 unspecified atom stereocenters. The number of nitrogens with one attached hydrogen (secondary N) is 1. The van der Waals surface area contributed by atoms with Crippen LogP contribution in [0, 0.1) is 0 Å². The molecule has 1 heterocycles. The number of aromatic nitrogens is 2. The van der Waals surface area contributed by atoms with E-state index >= 15 is 0 Å². The van der Waals surface area contributed by atoms with Gasteiger partial charge >= 0.3 is 51.4 Å². The number of aliphatic hydroxyl groups excluding tert-OH is 1. The molecule has 0 fully saturated rings. The maximum atomic E-state index is 11.4. The minimum absolute atomic E-state index is 0. The van der Waals surface area contributed by atoms with Crippen molar-refractivity contribution >= 4 is 28.3 Å². The fourth-order valence-corrected chi connectivity index (χ4v) is 1.67. The van der Waals surface area contributed by atoms with Gasteiger partial charge in [0.1, 0.15) is 6.10 Å². The van der Waals surface area contributed by atoms with Gasteiger partial charge in [0.2, 0.25) is 5.13 Å². The maximum Gasteiger partial charge on any atom is 1.00 e. The number of anilines is 1. The summed E-state index contributed by atoms with van der Waals surface area (Å²) in [6.07, 6.45) is -2.04. The van der Waals surface area contributed by atoms with Crippen LogP contribution in [0.5, 0.6) is 5.19 Å². The van der Waals surface area contributed by atoms with E-state index < -0.39 is 24.4 Å². The summed E-state index contributed by atoms with van der Waals surface area (Å²) in [4.78, 5) is 21.6.